The molecule has 4 heterocycles. The van der Waals surface area contributed by atoms with Crippen molar-refractivity contribution < 1.29 is 0 Å². The molecule has 0 aliphatic rings. The van der Waals surface area contributed by atoms with E-state index in [0.29, 0.717) is 5.92 Å². The molecule has 0 atom stereocenters. The highest BCUT2D eigenvalue weighted by Crippen LogP contribution is 2.40. The van der Waals surface area contributed by atoms with Gasteiger partial charge in [0.2, 0.25) is 0 Å². The lowest BCUT2D eigenvalue weighted by atomic mass is 9.96. The van der Waals surface area contributed by atoms with Crippen molar-refractivity contribution in [3.8, 4) is 11.1 Å². The van der Waals surface area contributed by atoms with Gasteiger partial charge in [-0.25, -0.2) is 9.97 Å². The van der Waals surface area contributed by atoms with Crippen molar-refractivity contribution in [3.05, 3.63) is 77.8 Å². The first-order chi connectivity index (χ1) is 18.1. The second kappa shape index (κ2) is 7.37. The Morgan fingerprint density at radius 3 is 2.24 bits per heavy atom. The van der Waals surface area contributed by atoms with E-state index in [0.717, 1.165) is 55.4 Å². The van der Waals surface area contributed by atoms with Crippen molar-refractivity contribution in [2.24, 2.45) is 0 Å². The van der Waals surface area contributed by atoms with Gasteiger partial charge < -0.3 is 9.97 Å². The number of hydrogen-bond donors (Lipinski definition) is 2. The SMILES string of the molecule is Cc1nc2c3cccnc3c3cc(-c4ccc5c(c4)c4sccc4c4nc(C(C)C)[nH]c54)ccc3c2[nH]1. The van der Waals surface area contributed by atoms with Crippen LogP contribution in [0.15, 0.2) is 66.2 Å². The molecule has 0 aliphatic carbocycles. The van der Waals surface area contributed by atoms with Gasteiger partial charge >= 0.3 is 0 Å². The molecule has 0 fully saturated rings. The maximum Gasteiger partial charge on any atom is 0.109 e. The zero-order valence-corrected chi connectivity index (χ0v) is 21.5. The van der Waals surface area contributed by atoms with Crippen LogP contribution in [0, 0.1) is 6.92 Å². The topological polar surface area (TPSA) is 70.2 Å². The summed E-state index contributed by atoms with van der Waals surface area (Å²) in [6.45, 7) is 6.36. The van der Waals surface area contributed by atoms with Gasteiger partial charge in [-0.05, 0) is 53.8 Å². The lowest BCUT2D eigenvalue weighted by molar-refractivity contribution is 0.799. The van der Waals surface area contributed by atoms with Crippen molar-refractivity contribution in [1.82, 2.24) is 24.9 Å². The number of imidazole rings is 2. The molecule has 5 nitrogen and oxygen atoms in total. The van der Waals surface area contributed by atoms with Crippen LogP contribution in [0.4, 0.5) is 0 Å². The lowest BCUT2D eigenvalue weighted by Crippen LogP contribution is -1.88. The van der Waals surface area contributed by atoms with Gasteiger partial charge in [-0.15, -0.1) is 11.3 Å². The zero-order valence-electron chi connectivity index (χ0n) is 20.7. The van der Waals surface area contributed by atoms with Gasteiger partial charge in [0.15, 0.2) is 0 Å². The van der Waals surface area contributed by atoms with Gasteiger partial charge in [-0.2, -0.15) is 0 Å². The fourth-order valence-electron chi connectivity index (χ4n) is 5.72. The van der Waals surface area contributed by atoms with Crippen LogP contribution in [0.2, 0.25) is 0 Å². The Balaban J connectivity index is 1.41. The molecule has 0 aliphatic heterocycles. The Hall–Kier alpha value is -4.29. The average Bonchev–Trinajstić information content (AvgIpc) is 3.66. The summed E-state index contributed by atoms with van der Waals surface area (Å²) in [6, 6.07) is 19.8. The van der Waals surface area contributed by atoms with E-state index < -0.39 is 0 Å². The lowest BCUT2D eigenvalue weighted by Gasteiger charge is -2.10. The Bertz CT molecular complexity index is 2200. The molecule has 0 saturated heterocycles. The summed E-state index contributed by atoms with van der Waals surface area (Å²) in [5.74, 6) is 2.30. The minimum atomic E-state index is 0.349. The van der Waals surface area contributed by atoms with Crippen molar-refractivity contribution in [3.63, 3.8) is 0 Å². The zero-order chi connectivity index (χ0) is 24.8. The summed E-state index contributed by atoms with van der Waals surface area (Å²) in [6.07, 6.45) is 1.87. The Labute approximate surface area is 216 Å². The van der Waals surface area contributed by atoms with Crippen LogP contribution in [-0.4, -0.2) is 24.9 Å². The molecule has 2 N–H and O–H groups in total. The number of aromatic nitrogens is 5. The molecule has 8 aromatic rings. The maximum absolute atomic E-state index is 4.97. The first-order valence-electron chi connectivity index (χ1n) is 12.6. The number of nitrogens with one attached hydrogen (secondary N) is 2. The van der Waals surface area contributed by atoms with E-state index in [1.165, 1.54) is 32.0 Å². The molecule has 4 aromatic carbocycles. The molecule has 0 spiro atoms. The van der Waals surface area contributed by atoms with Crippen LogP contribution >= 0.6 is 11.3 Å². The highest BCUT2D eigenvalue weighted by atomic mass is 32.1. The van der Waals surface area contributed by atoms with Crippen LogP contribution in [0.1, 0.15) is 31.4 Å². The Kier molecular flexibility index (Phi) is 4.15. The summed E-state index contributed by atoms with van der Waals surface area (Å²) in [5.41, 5.74) is 7.60. The van der Waals surface area contributed by atoms with Crippen molar-refractivity contribution in [1.29, 1.82) is 0 Å². The van der Waals surface area contributed by atoms with Crippen molar-refractivity contribution >= 4 is 75.9 Å². The van der Waals surface area contributed by atoms with Crippen LogP contribution in [0.5, 0.6) is 0 Å². The molecule has 8 rings (SSSR count). The fraction of sp³-hybridized carbons (Fsp3) is 0.129. The molecular formula is C31H23N5S. The molecule has 6 heteroatoms. The van der Waals surface area contributed by atoms with E-state index in [1.807, 2.05) is 19.2 Å². The number of thiophene rings is 1. The third-order valence-electron chi connectivity index (χ3n) is 7.49. The number of aryl methyl sites for hydroxylation is 1. The largest absolute Gasteiger partial charge is 0.342 e. The molecule has 0 saturated carbocycles. The third-order valence-corrected chi connectivity index (χ3v) is 8.43. The minimum absolute atomic E-state index is 0.349. The number of fused-ring (bicyclic) bond motifs is 12. The monoisotopic (exact) mass is 497 g/mol. The van der Waals surface area contributed by atoms with Crippen LogP contribution in [0.25, 0.3) is 75.7 Å². The summed E-state index contributed by atoms with van der Waals surface area (Å²) < 4.78 is 1.29. The molecule has 178 valence electrons. The average molecular weight is 498 g/mol. The summed E-state index contributed by atoms with van der Waals surface area (Å²) in [4.78, 5) is 21.6. The van der Waals surface area contributed by atoms with Gasteiger partial charge in [0.25, 0.3) is 0 Å². The van der Waals surface area contributed by atoms with E-state index in [4.69, 9.17) is 15.0 Å². The molecule has 0 amide bonds. The predicted molar refractivity (Wildman–Crippen MR) is 156 cm³/mol. The van der Waals surface area contributed by atoms with Crippen LogP contribution in [0.3, 0.4) is 0 Å². The van der Waals surface area contributed by atoms with Gasteiger partial charge in [0.1, 0.15) is 11.6 Å². The molecule has 4 aromatic heterocycles. The van der Waals surface area contributed by atoms with E-state index in [1.54, 1.807) is 11.3 Å². The second-order valence-corrected chi connectivity index (χ2v) is 11.0. The number of nitrogens with zero attached hydrogens (tertiary/aromatic N) is 3. The Morgan fingerprint density at radius 2 is 1.43 bits per heavy atom. The van der Waals surface area contributed by atoms with E-state index in [9.17, 15) is 0 Å². The summed E-state index contributed by atoms with van der Waals surface area (Å²) in [5, 5.41) is 9.23. The fourth-order valence-corrected chi connectivity index (χ4v) is 6.65. The molecule has 0 radical (unpaired) electrons. The molecule has 0 bridgehead atoms. The number of rotatable bonds is 2. The smallest absolute Gasteiger partial charge is 0.109 e. The van der Waals surface area contributed by atoms with Crippen LogP contribution < -0.4 is 0 Å². The summed E-state index contributed by atoms with van der Waals surface area (Å²) >= 11 is 1.79. The molecule has 0 unspecified atom stereocenters. The molecule has 37 heavy (non-hydrogen) atoms. The Morgan fingerprint density at radius 1 is 0.703 bits per heavy atom. The highest BCUT2D eigenvalue weighted by molar-refractivity contribution is 7.18. The van der Waals surface area contributed by atoms with Gasteiger partial charge in [-0.3, -0.25) is 4.98 Å². The van der Waals surface area contributed by atoms with Crippen molar-refractivity contribution in [2.45, 2.75) is 26.7 Å². The van der Waals surface area contributed by atoms with Crippen molar-refractivity contribution in [2.75, 3.05) is 0 Å². The number of pyridine rings is 1. The van der Waals surface area contributed by atoms with Gasteiger partial charge in [0, 0.05) is 49.1 Å². The normalized spacial score (nSPS) is 12.4. The standard InChI is InChI=1S/C31H23N5S/c1-15(2)31-35-27-20-9-7-18(14-24(20)30-22(10-12-37-30)29(27)36-31)17-6-8-19-23(13-17)25-21(5-4-11-32-25)28-26(19)33-16(3)34-28/h4-15H,1-3H3,(H,33,34)(H,35,36). The third kappa shape index (κ3) is 2.87. The van der Waals surface area contributed by atoms with E-state index >= 15 is 0 Å². The maximum atomic E-state index is 4.97. The first-order valence-corrected chi connectivity index (χ1v) is 13.4. The predicted octanol–water partition coefficient (Wildman–Crippen LogP) is 8.61. The summed E-state index contributed by atoms with van der Waals surface area (Å²) in [7, 11) is 0. The quantitative estimate of drug-likeness (QED) is 0.235. The van der Waals surface area contributed by atoms with Crippen LogP contribution in [-0.2, 0) is 0 Å². The van der Waals surface area contributed by atoms with Gasteiger partial charge in [-0.1, -0.05) is 38.1 Å². The molecular weight excluding hydrogens is 474 g/mol. The number of benzene rings is 4. The number of hydrogen-bond acceptors (Lipinski definition) is 4. The number of aromatic amines is 2. The number of H-pyrrole nitrogens is 2. The van der Waals surface area contributed by atoms with Gasteiger partial charge in [0.05, 0.1) is 27.6 Å². The minimum Gasteiger partial charge on any atom is -0.342 e. The van der Waals surface area contributed by atoms with E-state index in [2.05, 4.69) is 77.7 Å². The van der Waals surface area contributed by atoms with E-state index in [-0.39, 0.29) is 0 Å². The second-order valence-electron chi connectivity index (χ2n) is 10.1. The first kappa shape index (κ1) is 20.9. The highest BCUT2D eigenvalue weighted by Gasteiger charge is 2.17.